The fourth-order valence-corrected chi connectivity index (χ4v) is 4.14. The largest absolute Gasteiger partial charge is 0.496 e. The Labute approximate surface area is 204 Å². The van der Waals surface area contributed by atoms with Gasteiger partial charge in [0.15, 0.2) is 0 Å². The molecule has 0 aliphatic heterocycles. The van der Waals surface area contributed by atoms with Gasteiger partial charge in [-0.05, 0) is 54.7 Å². The third kappa shape index (κ3) is 7.61. The van der Waals surface area contributed by atoms with E-state index < -0.39 is 11.9 Å². The van der Waals surface area contributed by atoms with Gasteiger partial charge >= 0.3 is 11.9 Å². The summed E-state index contributed by atoms with van der Waals surface area (Å²) < 4.78 is 16.1. The number of carbonyl (C=O) groups excluding carboxylic acids is 2. The second-order valence-electron chi connectivity index (χ2n) is 9.53. The summed E-state index contributed by atoms with van der Waals surface area (Å²) in [6.07, 6.45) is 9.83. The molecule has 0 radical (unpaired) electrons. The summed E-state index contributed by atoms with van der Waals surface area (Å²) in [5.74, 6) is 0.165. The molecule has 0 fully saturated rings. The van der Waals surface area contributed by atoms with Crippen molar-refractivity contribution in [2.24, 2.45) is 0 Å². The van der Waals surface area contributed by atoms with Crippen LogP contribution in [0.25, 0.3) is 0 Å². The molecule has 2 aromatic carbocycles. The lowest BCUT2D eigenvalue weighted by Crippen LogP contribution is -2.20. The quantitative estimate of drug-likeness (QED) is 0.174. The minimum absolute atomic E-state index is 0.147. The van der Waals surface area contributed by atoms with Gasteiger partial charge in [0.05, 0.1) is 25.3 Å². The van der Waals surface area contributed by atoms with Gasteiger partial charge in [0.2, 0.25) is 0 Å². The number of hydrogen-bond acceptors (Lipinski definition) is 5. The number of benzene rings is 2. The molecule has 0 N–H and O–H groups in total. The highest BCUT2D eigenvalue weighted by atomic mass is 16.5. The Morgan fingerprint density at radius 1 is 0.794 bits per heavy atom. The van der Waals surface area contributed by atoms with Gasteiger partial charge in [0.25, 0.3) is 0 Å². The number of methoxy groups -OCH3 is 2. The van der Waals surface area contributed by atoms with Gasteiger partial charge < -0.3 is 14.2 Å². The number of hydrogen-bond donors (Lipinski definition) is 0. The van der Waals surface area contributed by atoms with Crippen molar-refractivity contribution in [2.45, 2.75) is 84.5 Å². The zero-order valence-electron chi connectivity index (χ0n) is 21.7. The van der Waals surface area contributed by atoms with Crippen molar-refractivity contribution in [2.75, 3.05) is 14.2 Å². The van der Waals surface area contributed by atoms with Gasteiger partial charge in [-0.3, -0.25) is 0 Å². The SMILES string of the molecule is CCCCCCCCCC(C)(C)c1cc(C(=O)Oc2cc(C(=O)OC)ccc2C)ccc1OC. The van der Waals surface area contributed by atoms with Crippen LogP contribution < -0.4 is 9.47 Å². The molecule has 34 heavy (non-hydrogen) atoms. The van der Waals surface area contributed by atoms with Gasteiger partial charge in [-0.2, -0.15) is 0 Å². The predicted octanol–water partition coefficient (Wildman–Crippen LogP) is 7.43. The Morgan fingerprint density at radius 3 is 2.06 bits per heavy atom. The van der Waals surface area contributed by atoms with Gasteiger partial charge in [0.1, 0.15) is 11.5 Å². The van der Waals surface area contributed by atoms with Crippen LogP contribution in [0.2, 0.25) is 0 Å². The summed E-state index contributed by atoms with van der Waals surface area (Å²) in [4.78, 5) is 24.9. The van der Waals surface area contributed by atoms with Gasteiger partial charge in [-0.1, -0.05) is 71.8 Å². The molecule has 2 rings (SSSR count). The van der Waals surface area contributed by atoms with Crippen molar-refractivity contribution < 1.29 is 23.8 Å². The standard InChI is InChI=1S/C29H40O5/c1-7-8-9-10-11-12-13-18-29(3,4)24-19-22(16-17-25(24)32-5)28(31)34-26-20-23(27(30)33-6)15-14-21(26)2/h14-17,19-20H,7-13,18H2,1-6H3. The summed E-state index contributed by atoms with van der Waals surface area (Å²) in [5, 5.41) is 0. The first kappa shape index (κ1) is 27.4. The molecule has 5 nitrogen and oxygen atoms in total. The van der Waals surface area contributed by atoms with Crippen LogP contribution in [-0.4, -0.2) is 26.2 Å². The number of aryl methyl sites for hydroxylation is 1. The zero-order valence-corrected chi connectivity index (χ0v) is 21.7. The van der Waals surface area contributed by atoms with E-state index in [1.165, 1.54) is 51.7 Å². The topological polar surface area (TPSA) is 61.8 Å². The highest BCUT2D eigenvalue weighted by Crippen LogP contribution is 2.37. The van der Waals surface area contributed by atoms with Crippen LogP contribution in [0.5, 0.6) is 11.5 Å². The van der Waals surface area contributed by atoms with Gasteiger partial charge in [-0.25, -0.2) is 9.59 Å². The Hall–Kier alpha value is -2.82. The van der Waals surface area contributed by atoms with E-state index in [0.717, 1.165) is 29.7 Å². The molecule has 186 valence electrons. The number of rotatable bonds is 13. The smallest absolute Gasteiger partial charge is 0.343 e. The fraction of sp³-hybridized carbons (Fsp3) is 0.517. The molecule has 0 saturated heterocycles. The second-order valence-corrected chi connectivity index (χ2v) is 9.53. The Balaban J connectivity index is 2.14. The molecule has 0 atom stereocenters. The van der Waals surface area contributed by atoms with Gasteiger partial charge in [-0.15, -0.1) is 0 Å². The number of esters is 2. The van der Waals surface area contributed by atoms with Crippen molar-refractivity contribution in [3.8, 4) is 11.5 Å². The molecule has 5 heteroatoms. The summed E-state index contributed by atoms with van der Waals surface area (Å²) in [6, 6.07) is 10.3. The second kappa shape index (κ2) is 13.2. The molecule has 0 heterocycles. The maximum atomic E-state index is 13.0. The molecule has 0 spiro atoms. The highest BCUT2D eigenvalue weighted by Gasteiger charge is 2.26. The van der Waals surface area contributed by atoms with E-state index >= 15 is 0 Å². The van der Waals surface area contributed by atoms with Crippen LogP contribution in [-0.2, 0) is 10.2 Å². The van der Waals surface area contributed by atoms with E-state index in [0.29, 0.717) is 16.9 Å². The highest BCUT2D eigenvalue weighted by molar-refractivity contribution is 5.93. The van der Waals surface area contributed by atoms with E-state index in [-0.39, 0.29) is 5.41 Å². The maximum Gasteiger partial charge on any atom is 0.343 e. The lowest BCUT2D eigenvalue weighted by atomic mass is 9.78. The molecule has 0 unspecified atom stereocenters. The maximum absolute atomic E-state index is 13.0. The average Bonchev–Trinajstić information content (AvgIpc) is 2.83. The number of ether oxygens (including phenoxy) is 3. The van der Waals surface area contributed by atoms with E-state index in [9.17, 15) is 9.59 Å². The van der Waals surface area contributed by atoms with Crippen LogP contribution in [0.1, 0.15) is 104 Å². The lowest BCUT2D eigenvalue weighted by Gasteiger charge is -2.28. The Morgan fingerprint density at radius 2 is 1.41 bits per heavy atom. The summed E-state index contributed by atoms with van der Waals surface area (Å²) >= 11 is 0. The van der Waals surface area contributed by atoms with E-state index in [1.807, 2.05) is 19.1 Å². The number of carbonyl (C=O) groups is 2. The monoisotopic (exact) mass is 468 g/mol. The normalized spacial score (nSPS) is 11.2. The molecule has 0 bridgehead atoms. The summed E-state index contributed by atoms with van der Waals surface area (Å²) in [7, 11) is 2.98. The first-order valence-electron chi connectivity index (χ1n) is 12.3. The molecule has 0 aliphatic rings. The minimum Gasteiger partial charge on any atom is -0.496 e. The molecule has 2 aromatic rings. The molecule has 0 aromatic heterocycles. The van der Waals surface area contributed by atoms with Crippen molar-refractivity contribution in [1.29, 1.82) is 0 Å². The summed E-state index contributed by atoms with van der Waals surface area (Å²) in [6.45, 7) is 8.46. The van der Waals surface area contributed by atoms with E-state index in [2.05, 4.69) is 20.8 Å². The first-order chi connectivity index (χ1) is 16.2. The molecule has 0 saturated carbocycles. The van der Waals surface area contributed by atoms with E-state index in [1.54, 1.807) is 25.3 Å². The summed E-state index contributed by atoms with van der Waals surface area (Å²) in [5.41, 5.74) is 2.39. The minimum atomic E-state index is -0.476. The number of unbranched alkanes of at least 4 members (excludes halogenated alkanes) is 6. The Bertz CT molecular complexity index is 961. The van der Waals surface area contributed by atoms with Crippen molar-refractivity contribution in [3.63, 3.8) is 0 Å². The Kier molecular flexibility index (Phi) is 10.6. The van der Waals surface area contributed by atoms with Crippen LogP contribution in [0.15, 0.2) is 36.4 Å². The van der Waals surface area contributed by atoms with Gasteiger partial charge in [0, 0.05) is 5.56 Å². The molecule has 0 aliphatic carbocycles. The van der Waals surface area contributed by atoms with E-state index in [4.69, 9.17) is 14.2 Å². The van der Waals surface area contributed by atoms with Crippen molar-refractivity contribution in [1.82, 2.24) is 0 Å². The van der Waals surface area contributed by atoms with Crippen LogP contribution in [0.3, 0.4) is 0 Å². The fourth-order valence-electron chi connectivity index (χ4n) is 4.14. The van der Waals surface area contributed by atoms with Crippen LogP contribution in [0, 0.1) is 6.92 Å². The van der Waals surface area contributed by atoms with Crippen molar-refractivity contribution in [3.05, 3.63) is 58.7 Å². The third-order valence-corrected chi connectivity index (χ3v) is 6.38. The van der Waals surface area contributed by atoms with Crippen LogP contribution >= 0.6 is 0 Å². The van der Waals surface area contributed by atoms with Crippen LogP contribution in [0.4, 0.5) is 0 Å². The lowest BCUT2D eigenvalue weighted by molar-refractivity contribution is 0.0597. The molecule has 0 amide bonds. The first-order valence-corrected chi connectivity index (χ1v) is 12.3. The molecular weight excluding hydrogens is 428 g/mol. The average molecular weight is 469 g/mol. The predicted molar refractivity (Wildman–Crippen MR) is 136 cm³/mol. The third-order valence-electron chi connectivity index (χ3n) is 6.38. The van der Waals surface area contributed by atoms with Crippen molar-refractivity contribution >= 4 is 11.9 Å². The zero-order chi connectivity index (χ0) is 25.1. The molecular formula is C29H40O5.